The summed E-state index contributed by atoms with van der Waals surface area (Å²) in [5.74, 6) is 0.820. The third-order valence-corrected chi connectivity index (χ3v) is 4.46. The van der Waals surface area contributed by atoms with E-state index in [-0.39, 0.29) is 0 Å². The van der Waals surface area contributed by atoms with Crippen LogP contribution in [0.15, 0.2) is 24.3 Å². The molecular formula is C15H21Cl. The van der Waals surface area contributed by atoms with Gasteiger partial charge in [0, 0.05) is 5.88 Å². The Labute approximate surface area is 104 Å². The highest BCUT2D eigenvalue weighted by Crippen LogP contribution is 2.40. The van der Waals surface area contributed by atoms with Crippen molar-refractivity contribution in [3.63, 3.8) is 0 Å². The predicted octanol–water partition coefficient (Wildman–Crippen LogP) is 4.73. The lowest BCUT2D eigenvalue weighted by Gasteiger charge is -2.35. The summed E-state index contributed by atoms with van der Waals surface area (Å²) in [5, 5.41) is 0. The SMILES string of the molecule is Cc1ccc(CC2(CCl)CCCCC2)cc1. The maximum atomic E-state index is 6.22. The van der Waals surface area contributed by atoms with Gasteiger partial charge in [0.15, 0.2) is 0 Å². The molecule has 0 radical (unpaired) electrons. The first-order chi connectivity index (χ1) is 7.74. The maximum absolute atomic E-state index is 6.22. The summed E-state index contributed by atoms with van der Waals surface area (Å²) < 4.78 is 0. The van der Waals surface area contributed by atoms with Gasteiger partial charge >= 0.3 is 0 Å². The van der Waals surface area contributed by atoms with Gasteiger partial charge in [0.05, 0.1) is 0 Å². The number of aryl methyl sites for hydroxylation is 1. The molecule has 16 heavy (non-hydrogen) atoms. The number of benzene rings is 1. The van der Waals surface area contributed by atoms with E-state index < -0.39 is 0 Å². The molecule has 0 saturated heterocycles. The van der Waals surface area contributed by atoms with Crippen molar-refractivity contribution in [3.05, 3.63) is 35.4 Å². The number of hydrogen-bond acceptors (Lipinski definition) is 0. The molecule has 0 aliphatic heterocycles. The lowest BCUT2D eigenvalue weighted by atomic mass is 9.72. The van der Waals surface area contributed by atoms with Crippen LogP contribution >= 0.6 is 11.6 Å². The predicted molar refractivity (Wildman–Crippen MR) is 71.1 cm³/mol. The quantitative estimate of drug-likeness (QED) is 0.666. The fraction of sp³-hybridized carbons (Fsp3) is 0.600. The molecule has 0 unspecified atom stereocenters. The summed E-state index contributed by atoms with van der Waals surface area (Å²) in [6.45, 7) is 2.14. The van der Waals surface area contributed by atoms with Crippen LogP contribution in [-0.4, -0.2) is 5.88 Å². The van der Waals surface area contributed by atoms with E-state index in [1.807, 2.05) is 0 Å². The molecule has 1 aromatic carbocycles. The van der Waals surface area contributed by atoms with E-state index in [2.05, 4.69) is 31.2 Å². The van der Waals surface area contributed by atoms with E-state index in [1.54, 1.807) is 0 Å². The molecule has 0 bridgehead atoms. The van der Waals surface area contributed by atoms with Gasteiger partial charge in [0.25, 0.3) is 0 Å². The zero-order valence-corrected chi connectivity index (χ0v) is 10.9. The van der Waals surface area contributed by atoms with Gasteiger partial charge in [0.2, 0.25) is 0 Å². The van der Waals surface area contributed by atoms with E-state index >= 15 is 0 Å². The Morgan fingerprint density at radius 3 is 2.25 bits per heavy atom. The van der Waals surface area contributed by atoms with E-state index in [0.717, 1.165) is 12.3 Å². The Balaban J connectivity index is 2.08. The standard InChI is InChI=1S/C15H21Cl/c1-13-5-7-14(8-6-13)11-15(12-16)9-3-2-4-10-15/h5-8H,2-4,9-12H2,1H3. The monoisotopic (exact) mass is 236 g/mol. The van der Waals surface area contributed by atoms with E-state index in [0.29, 0.717) is 5.41 Å². The minimum Gasteiger partial charge on any atom is -0.126 e. The van der Waals surface area contributed by atoms with Gasteiger partial charge in [-0.2, -0.15) is 0 Å². The highest BCUT2D eigenvalue weighted by molar-refractivity contribution is 6.18. The van der Waals surface area contributed by atoms with Gasteiger partial charge in [-0.05, 0) is 37.2 Å². The van der Waals surface area contributed by atoms with Crippen molar-refractivity contribution in [2.45, 2.75) is 45.4 Å². The second kappa shape index (κ2) is 5.23. The smallest absolute Gasteiger partial charge is 0.0283 e. The summed E-state index contributed by atoms with van der Waals surface area (Å²) in [4.78, 5) is 0. The minimum absolute atomic E-state index is 0.384. The molecule has 1 heteroatoms. The largest absolute Gasteiger partial charge is 0.126 e. The third kappa shape index (κ3) is 2.79. The molecule has 1 fully saturated rings. The number of rotatable bonds is 3. The lowest BCUT2D eigenvalue weighted by molar-refractivity contribution is 0.219. The Kier molecular flexibility index (Phi) is 3.91. The first kappa shape index (κ1) is 12.0. The molecule has 0 amide bonds. The van der Waals surface area contributed by atoms with Crippen molar-refractivity contribution >= 4 is 11.6 Å². The van der Waals surface area contributed by atoms with Crippen molar-refractivity contribution < 1.29 is 0 Å². The van der Waals surface area contributed by atoms with E-state index in [4.69, 9.17) is 11.6 Å². The van der Waals surface area contributed by atoms with Crippen molar-refractivity contribution in [2.24, 2.45) is 5.41 Å². The van der Waals surface area contributed by atoms with Crippen LogP contribution in [0.1, 0.15) is 43.2 Å². The highest BCUT2D eigenvalue weighted by atomic mass is 35.5. The fourth-order valence-corrected chi connectivity index (χ4v) is 3.16. The van der Waals surface area contributed by atoms with E-state index in [9.17, 15) is 0 Å². The Hall–Kier alpha value is -0.490. The normalized spacial score (nSPS) is 19.6. The first-order valence-electron chi connectivity index (χ1n) is 6.36. The molecule has 0 aromatic heterocycles. The van der Waals surface area contributed by atoms with Crippen LogP contribution in [0, 0.1) is 12.3 Å². The Morgan fingerprint density at radius 2 is 1.69 bits per heavy atom. The van der Waals surface area contributed by atoms with Crippen molar-refractivity contribution in [1.29, 1.82) is 0 Å². The van der Waals surface area contributed by atoms with Crippen LogP contribution in [0.4, 0.5) is 0 Å². The Bertz CT molecular complexity index is 320. The molecule has 0 atom stereocenters. The number of alkyl halides is 1. The molecule has 0 spiro atoms. The molecule has 1 aliphatic carbocycles. The van der Waals surface area contributed by atoms with Crippen LogP contribution in [0.25, 0.3) is 0 Å². The van der Waals surface area contributed by atoms with Crippen LogP contribution in [-0.2, 0) is 6.42 Å². The summed E-state index contributed by atoms with van der Waals surface area (Å²) in [7, 11) is 0. The minimum atomic E-state index is 0.384. The molecular weight excluding hydrogens is 216 g/mol. The highest BCUT2D eigenvalue weighted by Gasteiger charge is 2.31. The van der Waals surface area contributed by atoms with Crippen molar-refractivity contribution in [1.82, 2.24) is 0 Å². The number of hydrogen-bond donors (Lipinski definition) is 0. The van der Waals surface area contributed by atoms with Gasteiger partial charge in [-0.25, -0.2) is 0 Å². The molecule has 1 aromatic rings. The van der Waals surface area contributed by atoms with Gasteiger partial charge in [-0.3, -0.25) is 0 Å². The lowest BCUT2D eigenvalue weighted by Crippen LogP contribution is -2.28. The molecule has 88 valence electrons. The number of halogens is 1. The molecule has 0 nitrogen and oxygen atoms in total. The van der Waals surface area contributed by atoms with Crippen LogP contribution < -0.4 is 0 Å². The second-order valence-corrected chi connectivity index (χ2v) is 5.62. The van der Waals surface area contributed by atoms with Gasteiger partial charge in [0.1, 0.15) is 0 Å². The molecule has 0 heterocycles. The van der Waals surface area contributed by atoms with Crippen LogP contribution in [0.5, 0.6) is 0 Å². The molecule has 2 rings (SSSR count). The van der Waals surface area contributed by atoms with Gasteiger partial charge < -0.3 is 0 Å². The van der Waals surface area contributed by atoms with Gasteiger partial charge in [-0.15, -0.1) is 11.6 Å². The molecule has 1 saturated carbocycles. The first-order valence-corrected chi connectivity index (χ1v) is 6.89. The summed E-state index contributed by atoms with van der Waals surface area (Å²) in [5.41, 5.74) is 3.18. The maximum Gasteiger partial charge on any atom is 0.0283 e. The van der Waals surface area contributed by atoms with Crippen molar-refractivity contribution in [3.8, 4) is 0 Å². The zero-order valence-electron chi connectivity index (χ0n) is 10.1. The summed E-state index contributed by atoms with van der Waals surface area (Å²) in [6.07, 6.45) is 7.90. The van der Waals surface area contributed by atoms with E-state index in [1.165, 1.54) is 43.2 Å². The third-order valence-electron chi connectivity index (χ3n) is 3.90. The summed E-state index contributed by atoms with van der Waals surface area (Å²) >= 11 is 6.22. The van der Waals surface area contributed by atoms with Crippen LogP contribution in [0.2, 0.25) is 0 Å². The molecule has 1 aliphatic rings. The average molecular weight is 237 g/mol. The second-order valence-electron chi connectivity index (χ2n) is 5.36. The zero-order chi connectivity index (χ0) is 11.4. The summed E-state index contributed by atoms with van der Waals surface area (Å²) in [6, 6.07) is 8.94. The van der Waals surface area contributed by atoms with Gasteiger partial charge in [-0.1, -0.05) is 49.1 Å². The topological polar surface area (TPSA) is 0 Å². The average Bonchev–Trinajstić information content (AvgIpc) is 2.33. The Morgan fingerprint density at radius 1 is 1.06 bits per heavy atom. The van der Waals surface area contributed by atoms with Crippen molar-refractivity contribution in [2.75, 3.05) is 5.88 Å². The fourth-order valence-electron chi connectivity index (χ4n) is 2.80. The molecule has 0 N–H and O–H groups in total. The van der Waals surface area contributed by atoms with Crippen LogP contribution in [0.3, 0.4) is 0 Å².